The van der Waals surface area contributed by atoms with Crippen LogP contribution in [-0.2, 0) is 15.4 Å². The first-order valence-electron chi connectivity index (χ1n) is 17.6. The second-order valence-electron chi connectivity index (χ2n) is 14.6. The maximum Gasteiger partial charge on any atom is 0.256 e. The monoisotopic (exact) mass is 739 g/mol. The topological polar surface area (TPSA) is 87.5 Å². The molecule has 3 saturated heterocycles. The number of hydrogen-bond donors (Lipinski definition) is 1. The number of benzene rings is 3. The van der Waals surface area contributed by atoms with E-state index in [1.165, 1.54) is 36.6 Å². The number of nitrogens with one attached hydrogen (secondary N) is 1. The highest BCUT2D eigenvalue weighted by Gasteiger charge is 2.44. The molecule has 0 saturated carbocycles. The second kappa shape index (κ2) is 13.8. The largest absolute Gasteiger partial charge is 0.338 e. The van der Waals surface area contributed by atoms with E-state index in [9.17, 15) is 17.6 Å². The molecule has 3 fully saturated rings. The van der Waals surface area contributed by atoms with Crippen molar-refractivity contribution in [2.24, 2.45) is 0 Å². The van der Waals surface area contributed by atoms with E-state index in [-0.39, 0.29) is 37.8 Å². The predicted molar refractivity (Wildman–Crippen MR) is 196 cm³/mol. The highest BCUT2D eigenvalue weighted by atomic mass is 35.5. The van der Waals surface area contributed by atoms with E-state index in [4.69, 9.17) is 28.2 Å². The van der Waals surface area contributed by atoms with Crippen LogP contribution >= 0.6 is 23.2 Å². The van der Waals surface area contributed by atoms with Crippen molar-refractivity contribution < 1.29 is 17.6 Å². The number of amides is 1. The molecule has 0 spiro atoms. The number of sulfonamides is 1. The zero-order valence-corrected chi connectivity index (χ0v) is 31.0. The summed E-state index contributed by atoms with van der Waals surface area (Å²) in [5.74, 6) is 0.395. The first-order chi connectivity index (χ1) is 23.9. The Bertz CT molecular complexity index is 2010. The van der Waals surface area contributed by atoms with Crippen LogP contribution in [0.2, 0.25) is 10.0 Å². The minimum atomic E-state index is -3.96. The average Bonchev–Trinajstić information content (AvgIpc) is 3.53. The van der Waals surface area contributed by atoms with Gasteiger partial charge in [0.1, 0.15) is 16.5 Å². The Morgan fingerprint density at radius 3 is 2.38 bits per heavy atom. The molecule has 3 aromatic carbocycles. The highest BCUT2D eigenvalue weighted by Crippen LogP contribution is 2.45. The molecule has 2 bridgehead atoms. The normalized spacial score (nSPS) is 22.5. The molecule has 8 nitrogen and oxygen atoms in total. The Morgan fingerprint density at radius 1 is 1.00 bits per heavy atom. The number of rotatable bonds is 9. The Balaban J connectivity index is 1.09. The van der Waals surface area contributed by atoms with Crippen LogP contribution < -0.4 is 4.72 Å². The van der Waals surface area contributed by atoms with E-state index in [1.807, 2.05) is 12.1 Å². The van der Waals surface area contributed by atoms with E-state index >= 15 is 0 Å². The van der Waals surface area contributed by atoms with Crippen LogP contribution in [0.15, 0.2) is 65.6 Å². The standard InChI is InChI=1S/C38H44Cl2FN5O3S/c1-24(2)43-50(48,49)34-14-13-31(39)35(36(34)40)37(47)44-18-15-38(16-19-44,26-7-6-8-27(41)21-26)17-20-45-28-11-12-29(45)23-30(22-28)46-25(3)42-32-9-4-5-10-33(32)46/h4-10,13-14,21,24,28-30,43H,11-12,15-20,22-23H2,1-3H3/t28-,29+,30?. The SMILES string of the molecule is Cc1nc2ccccc2n1C1C[C@H]2CC[C@@H](C1)N2CCC1(c2cccc(F)c2)CCN(C(=O)c2c(Cl)ccc(S(=O)(=O)NC(C)C)c2Cl)CC1. The molecule has 3 atom stereocenters. The van der Waals surface area contributed by atoms with Gasteiger partial charge in [0.15, 0.2) is 0 Å². The van der Waals surface area contributed by atoms with E-state index in [0.29, 0.717) is 44.1 Å². The average molecular weight is 741 g/mol. The van der Waals surface area contributed by atoms with Crippen molar-refractivity contribution in [3.05, 3.63) is 93.5 Å². The van der Waals surface area contributed by atoms with E-state index in [0.717, 1.165) is 42.7 Å². The Kier molecular flexibility index (Phi) is 9.80. The summed E-state index contributed by atoms with van der Waals surface area (Å²) in [5, 5.41) is -0.0846. The first-order valence-corrected chi connectivity index (χ1v) is 19.9. The molecule has 266 valence electrons. The Labute approximate surface area is 304 Å². The molecular formula is C38H44Cl2FN5O3S. The Hall–Kier alpha value is -3.02. The summed E-state index contributed by atoms with van der Waals surface area (Å²) in [4.78, 5) is 23.0. The third kappa shape index (κ3) is 6.58. The summed E-state index contributed by atoms with van der Waals surface area (Å²) in [6.07, 6.45) is 6.62. The van der Waals surface area contributed by atoms with Gasteiger partial charge in [0.05, 0.1) is 26.6 Å². The van der Waals surface area contributed by atoms with Gasteiger partial charge < -0.3 is 9.47 Å². The van der Waals surface area contributed by atoms with Crippen LogP contribution in [0.4, 0.5) is 4.39 Å². The lowest BCUT2D eigenvalue weighted by Crippen LogP contribution is -2.49. The summed E-state index contributed by atoms with van der Waals surface area (Å²) in [5.41, 5.74) is 2.87. The highest BCUT2D eigenvalue weighted by molar-refractivity contribution is 7.89. The van der Waals surface area contributed by atoms with Crippen molar-refractivity contribution in [3.63, 3.8) is 0 Å². The smallest absolute Gasteiger partial charge is 0.256 e. The van der Waals surface area contributed by atoms with Gasteiger partial charge in [0.2, 0.25) is 10.0 Å². The number of nitrogens with zero attached hydrogens (tertiary/aromatic N) is 4. The molecule has 1 N–H and O–H groups in total. The van der Waals surface area contributed by atoms with Gasteiger partial charge in [-0.3, -0.25) is 9.69 Å². The van der Waals surface area contributed by atoms with Crippen molar-refractivity contribution in [2.75, 3.05) is 19.6 Å². The van der Waals surface area contributed by atoms with Crippen LogP contribution in [-0.4, -0.2) is 71.4 Å². The van der Waals surface area contributed by atoms with Crippen molar-refractivity contribution in [1.82, 2.24) is 24.1 Å². The molecule has 0 aliphatic carbocycles. The Morgan fingerprint density at radius 2 is 1.70 bits per heavy atom. The lowest BCUT2D eigenvalue weighted by Gasteiger charge is -2.45. The molecule has 12 heteroatoms. The third-order valence-electron chi connectivity index (χ3n) is 11.2. The number of aryl methyl sites for hydroxylation is 1. The predicted octanol–water partition coefficient (Wildman–Crippen LogP) is 7.91. The molecule has 1 amide bonds. The quantitative estimate of drug-likeness (QED) is 0.189. The molecule has 1 aromatic heterocycles. The molecule has 1 unspecified atom stereocenters. The fourth-order valence-corrected chi connectivity index (χ4v) is 11.1. The number of carbonyl (C=O) groups is 1. The third-order valence-corrected chi connectivity index (χ3v) is 13.8. The first kappa shape index (κ1) is 35.4. The number of hydrogen-bond acceptors (Lipinski definition) is 5. The summed E-state index contributed by atoms with van der Waals surface area (Å²) < 4.78 is 45.7. The van der Waals surface area contributed by atoms with E-state index < -0.39 is 15.9 Å². The van der Waals surface area contributed by atoms with Gasteiger partial charge in [-0.25, -0.2) is 22.5 Å². The van der Waals surface area contributed by atoms with Crippen LogP contribution in [0, 0.1) is 12.7 Å². The number of carbonyl (C=O) groups excluding carboxylic acids is 1. The number of piperidine rings is 2. The van der Waals surface area contributed by atoms with E-state index in [1.54, 1.807) is 30.9 Å². The zero-order valence-electron chi connectivity index (χ0n) is 28.7. The van der Waals surface area contributed by atoms with Gasteiger partial charge in [-0.15, -0.1) is 0 Å². The minimum absolute atomic E-state index is 0.0152. The summed E-state index contributed by atoms with van der Waals surface area (Å²) in [6, 6.07) is 19.0. The maximum absolute atomic E-state index is 14.7. The minimum Gasteiger partial charge on any atom is -0.338 e. The van der Waals surface area contributed by atoms with Gasteiger partial charge in [0, 0.05) is 37.3 Å². The van der Waals surface area contributed by atoms with Gasteiger partial charge >= 0.3 is 0 Å². The van der Waals surface area contributed by atoms with Crippen LogP contribution in [0.5, 0.6) is 0 Å². The summed E-state index contributed by atoms with van der Waals surface area (Å²) in [6.45, 7) is 7.25. The fraction of sp³-hybridized carbons (Fsp3) is 0.474. The second-order valence-corrected chi connectivity index (χ2v) is 17.1. The summed E-state index contributed by atoms with van der Waals surface area (Å²) >= 11 is 13.1. The van der Waals surface area contributed by atoms with Crippen LogP contribution in [0.1, 0.15) is 86.6 Å². The van der Waals surface area contributed by atoms with E-state index in [2.05, 4.69) is 39.3 Å². The molecule has 4 aromatic rings. The van der Waals surface area contributed by atoms with Gasteiger partial charge in [0.25, 0.3) is 5.91 Å². The van der Waals surface area contributed by atoms with Gasteiger partial charge in [-0.1, -0.05) is 47.5 Å². The summed E-state index contributed by atoms with van der Waals surface area (Å²) in [7, 11) is -3.96. The molecule has 0 radical (unpaired) electrons. The number of aromatic nitrogens is 2. The van der Waals surface area contributed by atoms with Crippen molar-refractivity contribution >= 4 is 50.2 Å². The zero-order chi connectivity index (χ0) is 35.4. The fourth-order valence-electron chi connectivity index (χ4n) is 8.90. The van der Waals surface area contributed by atoms with Crippen molar-refractivity contribution in [3.8, 4) is 0 Å². The van der Waals surface area contributed by atoms with Crippen molar-refractivity contribution in [2.45, 2.75) is 100 Å². The van der Waals surface area contributed by atoms with Crippen molar-refractivity contribution in [1.29, 1.82) is 0 Å². The molecular weight excluding hydrogens is 696 g/mol. The van der Waals surface area contributed by atoms with Crippen LogP contribution in [0.25, 0.3) is 11.0 Å². The molecule has 50 heavy (non-hydrogen) atoms. The molecule has 3 aliphatic heterocycles. The van der Waals surface area contributed by atoms with Gasteiger partial charge in [-0.05, 0) is 120 Å². The number of likely N-dealkylation sites (tertiary alicyclic amines) is 1. The lowest BCUT2D eigenvalue weighted by atomic mass is 9.70. The lowest BCUT2D eigenvalue weighted by molar-refractivity contribution is 0.0606. The number of fused-ring (bicyclic) bond motifs is 3. The number of halogens is 3. The molecule has 3 aliphatic rings. The number of imidazole rings is 1. The van der Waals surface area contributed by atoms with Crippen LogP contribution in [0.3, 0.4) is 0 Å². The number of para-hydroxylation sites is 2. The molecule has 7 rings (SSSR count). The van der Waals surface area contributed by atoms with Gasteiger partial charge in [-0.2, -0.15) is 0 Å². The maximum atomic E-state index is 14.7. The molecule has 4 heterocycles.